The van der Waals surface area contributed by atoms with E-state index < -0.39 is 41.1 Å². The van der Waals surface area contributed by atoms with E-state index in [-0.39, 0.29) is 83.0 Å². The summed E-state index contributed by atoms with van der Waals surface area (Å²) < 4.78 is 41.0. The maximum Gasteiger partial charge on any atom is 0.416 e. The number of pyridine rings is 1. The molecule has 1 aliphatic rings. The third-order valence-corrected chi connectivity index (χ3v) is 8.33. The van der Waals surface area contributed by atoms with Gasteiger partial charge in [0, 0.05) is 31.9 Å². The van der Waals surface area contributed by atoms with Gasteiger partial charge in [-0.2, -0.15) is 13.2 Å². The van der Waals surface area contributed by atoms with Crippen molar-refractivity contribution in [3.8, 4) is 5.75 Å². The average Bonchev–Trinajstić information content (AvgIpc) is 3.06. The number of alkyl halides is 3. The summed E-state index contributed by atoms with van der Waals surface area (Å²) in [5, 5.41) is 22.7. The predicted octanol–water partition coefficient (Wildman–Crippen LogP) is 4.22. The number of benzene rings is 1. The van der Waals surface area contributed by atoms with E-state index in [4.69, 9.17) is 11.6 Å². The fourth-order valence-corrected chi connectivity index (χ4v) is 5.73. The van der Waals surface area contributed by atoms with Gasteiger partial charge in [0.2, 0.25) is 11.3 Å². The summed E-state index contributed by atoms with van der Waals surface area (Å²) >= 11 is 6.09. The number of aliphatic hydroxyl groups is 1. The van der Waals surface area contributed by atoms with E-state index in [9.17, 15) is 37.8 Å². The Morgan fingerprint density at radius 3 is 2.42 bits per heavy atom. The molecule has 50 heavy (non-hydrogen) atoms. The maximum atomic E-state index is 14.2. The number of carbonyl (C=O) groups is 2. The third kappa shape index (κ3) is 7.70. The van der Waals surface area contributed by atoms with E-state index in [0.717, 1.165) is 12.1 Å². The van der Waals surface area contributed by atoms with E-state index in [0.29, 0.717) is 11.8 Å². The van der Waals surface area contributed by atoms with Gasteiger partial charge in [0.1, 0.15) is 18.6 Å². The first-order valence-electron chi connectivity index (χ1n) is 15.5. The van der Waals surface area contributed by atoms with Crippen molar-refractivity contribution in [1.82, 2.24) is 29.4 Å². The number of piperazine rings is 1. The highest BCUT2D eigenvalue weighted by Crippen LogP contribution is 2.34. The van der Waals surface area contributed by atoms with E-state index in [1.54, 1.807) is 32.6 Å². The number of hydrogen-bond donors (Lipinski definition) is 3. The molecule has 4 heterocycles. The van der Waals surface area contributed by atoms with Gasteiger partial charge in [0.25, 0.3) is 5.91 Å². The van der Waals surface area contributed by atoms with E-state index in [1.165, 1.54) is 34.1 Å². The van der Waals surface area contributed by atoms with Crippen molar-refractivity contribution in [3.63, 3.8) is 0 Å². The summed E-state index contributed by atoms with van der Waals surface area (Å²) in [6.45, 7) is 6.85. The molecule has 0 saturated carbocycles. The molecule has 1 aromatic carbocycles. The molecule has 0 aliphatic carbocycles. The molecule has 3 N–H and O–H groups in total. The van der Waals surface area contributed by atoms with Crippen molar-refractivity contribution in [2.24, 2.45) is 0 Å². The van der Waals surface area contributed by atoms with Crippen LogP contribution in [0.4, 0.5) is 24.5 Å². The molecular weight excluding hydrogens is 681 g/mol. The molecule has 0 radical (unpaired) electrons. The van der Waals surface area contributed by atoms with Gasteiger partial charge in [-0.15, -0.1) is 0 Å². The zero-order chi connectivity index (χ0) is 36.5. The highest BCUT2D eigenvalue weighted by atomic mass is 35.5. The number of fused-ring (bicyclic) bond motifs is 1. The summed E-state index contributed by atoms with van der Waals surface area (Å²) in [7, 11) is 0. The number of nitrogens with one attached hydrogen (secondary N) is 1. The zero-order valence-electron chi connectivity index (χ0n) is 27.5. The molecule has 1 aliphatic heterocycles. The highest BCUT2D eigenvalue weighted by Gasteiger charge is 2.32. The van der Waals surface area contributed by atoms with Crippen molar-refractivity contribution in [2.75, 3.05) is 36.4 Å². The molecule has 0 spiro atoms. The molecule has 1 saturated heterocycles. The number of halogens is 4. The Bertz CT molecular complexity index is 2050. The largest absolute Gasteiger partial charge is 0.504 e. The van der Waals surface area contributed by atoms with Gasteiger partial charge < -0.3 is 29.9 Å². The minimum atomic E-state index is -4.62. The SMILES string of the molecule is CCc1c(N2CCN(C(=O)c3ncnc(C)c3O)CC2)c(=O)c2nc(/C=C/C(C)(C)O)cnc2n1CC(=O)Nc1ccc(C(F)(F)F)cc1Cl. The van der Waals surface area contributed by atoms with Gasteiger partial charge in [-0.1, -0.05) is 24.6 Å². The van der Waals surface area contributed by atoms with Crippen LogP contribution in [-0.4, -0.2) is 83.2 Å². The van der Waals surface area contributed by atoms with Gasteiger partial charge >= 0.3 is 6.18 Å². The Hall–Kier alpha value is -5.09. The summed E-state index contributed by atoms with van der Waals surface area (Å²) in [4.78, 5) is 60.9. The number of carbonyl (C=O) groups excluding carboxylic acids is 2. The molecule has 1 fully saturated rings. The summed E-state index contributed by atoms with van der Waals surface area (Å²) in [6.07, 6.45) is 1.22. The van der Waals surface area contributed by atoms with Gasteiger partial charge in [-0.05, 0) is 51.5 Å². The topological polar surface area (TPSA) is 167 Å². The Morgan fingerprint density at radius 2 is 1.80 bits per heavy atom. The van der Waals surface area contributed by atoms with E-state index >= 15 is 0 Å². The van der Waals surface area contributed by atoms with Crippen LogP contribution >= 0.6 is 11.6 Å². The van der Waals surface area contributed by atoms with Crippen molar-refractivity contribution >= 4 is 52.0 Å². The molecule has 0 atom stereocenters. The molecule has 3 aromatic heterocycles. The van der Waals surface area contributed by atoms with Crippen LogP contribution in [0.2, 0.25) is 5.02 Å². The number of anilines is 2. The summed E-state index contributed by atoms with van der Waals surface area (Å²) in [5.74, 6) is -1.46. The lowest BCUT2D eigenvalue weighted by Gasteiger charge is -2.37. The van der Waals surface area contributed by atoms with Crippen LogP contribution in [0.1, 0.15) is 53.9 Å². The van der Waals surface area contributed by atoms with Crippen molar-refractivity contribution in [2.45, 2.75) is 52.4 Å². The number of aromatic nitrogens is 5. The average molecular weight is 715 g/mol. The van der Waals surface area contributed by atoms with Crippen LogP contribution in [-0.2, 0) is 23.9 Å². The van der Waals surface area contributed by atoms with Crippen LogP contribution in [0, 0.1) is 6.92 Å². The normalized spacial score (nSPS) is 14.1. The molecule has 4 aromatic rings. The van der Waals surface area contributed by atoms with E-state index in [1.807, 2.05) is 0 Å². The van der Waals surface area contributed by atoms with E-state index in [2.05, 4.69) is 25.3 Å². The molecule has 264 valence electrons. The Kier molecular flexibility index (Phi) is 10.2. The number of hydrogen-bond acceptors (Lipinski definition) is 10. The fourth-order valence-electron chi connectivity index (χ4n) is 5.50. The van der Waals surface area contributed by atoms with Crippen LogP contribution in [0.15, 0.2) is 41.6 Å². The fraction of sp³-hybridized carbons (Fsp3) is 0.364. The van der Waals surface area contributed by atoms with Crippen LogP contribution < -0.4 is 15.6 Å². The summed E-state index contributed by atoms with van der Waals surface area (Å²) in [6, 6.07) is 2.58. The van der Waals surface area contributed by atoms with Crippen molar-refractivity contribution in [1.29, 1.82) is 0 Å². The molecule has 17 heteroatoms. The predicted molar refractivity (Wildman–Crippen MR) is 180 cm³/mol. The molecule has 2 amide bonds. The second kappa shape index (κ2) is 14.0. The first-order valence-corrected chi connectivity index (χ1v) is 15.9. The minimum absolute atomic E-state index is 0.0379. The van der Waals surface area contributed by atoms with Crippen molar-refractivity contribution in [3.05, 3.63) is 80.4 Å². The van der Waals surface area contributed by atoms with Crippen molar-refractivity contribution < 1.29 is 33.0 Å². The standard InChI is InChI=1S/C33H34ClF3N8O5/c1-5-23-27(43-10-12-44(13-11-43)31(49)26-28(47)18(2)39-17-40-26)29(48)25-30(38-15-20(41-25)8-9-32(3,4)50)45(23)16-24(46)42-22-7-6-19(14-21(22)34)33(35,36)37/h6-9,14-15,17,47,50H,5,10-13,16H2,1-4H3,(H,42,46)/b9-8+. The van der Waals surface area contributed by atoms with Crippen LogP contribution in [0.5, 0.6) is 5.75 Å². The lowest BCUT2D eigenvalue weighted by Crippen LogP contribution is -2.50. The summed E-state index contributed by atoms with van der Waals surface area (Å²) in [5.41, 5.74) is -1.54. The number of aryl methyl sites for hydroxylation is 1. The third-order valence-electron chi connectivity index (χ3n) is 8.02. The smallest absolute Gasteiger partial charge is 0.416 e. The van der Waals surface area contributed by atoms with Gasteiger partial charge in [0.05, 0.1) is 39.5 Å². The first-order chi connectivity index (χ1) is 23.5. The van der Waals surface area contributed by atoms with Gasteiger partial charge in [-0.3, -0.25) is 14.4 Å². The lowest BCUT2D eigenvalue weighted by atomic mass is 10.1. The highest BCUT2D eigenvalue weighted by molar-refractivity contribution is 6.33. The first kappa shape index (κ1) is 36.2. The van der Waals surface area contributed by atoms with Crippen LogP contribution in [0.25, 0.3) is 17.2 Å². The Morgan fingerprint density at radius 1 is 1.10 bits per heavy atom. The Labute approximate surface area is 289 Å². The molecule has 5 rings (SSSR count). The molecule has 0 unspecified atom stereocenters. The number of rotatable bonds is 8. The maximum absolute atomic E-state index is 14.2. The van der Waals surface area contributed by atoms with Gasteiger partial charge in [-0.25, -0.2) is 19.9 Å². The number of aromatic hydroxyl groups is 1. The second-order valence-electron chi connectivity index (χ2n) is 12.2. The Balaban J connectivity index is 1.52. The second-order valence-corrected chi connectivity index (χ2v) is 12.6. The minimum Gasteiger partial charge on any atom is -0.504 e. The number of amides is 2. The zero-order valence-corrected chi connectivity index (χ0v) is 28.3. The van der Waals surface area contributed by atoms with Gasteiger partial charge in [0.15, 0.2) is 22.6 Å². The molecule has 0 bridgehead atoms. The molecule has 13 nitrogen and oxygen atoms in total. The quantitative estimate of drug-likeness (QED) is 0.241. The number of nitrogens with zero attached hydrogens (tertiary/aromatic N) is 7. The van der Waals surface area contributed by atoms with Crippen LogP contribution in [0.3, 0.4) is 0 Å². The lowest BCUT2D eigenvalue weighted by molar-refractivity contribution is -0.137. The molecular formula is C33H34ClF3N8O5. The monoisotopic (exact) mass is 714 g/mol.